The monoisotopic (exact) mass is 701 g/mol. The number of aromatic amines is 1. The number of carbonyl (C=O) groups excluding carboxylic acids is 1. The first kappa shape index (κ1) is 32.3. The van der Waals surface area contributed by atoms with Gasteiger partial charge >= 0.3 is 6.18 Å². The minimum atomic E-state index is -4.71. The van der Waals surface area contributed by atoms with Crippen molar-refractivity contribution in [2.24, 2.45) is 0 Å². The van der Waals surface area contributed by atoms with Crippen molar-refractivity contribution in [3.8, 4) is 33.9 Å². The van der Waals surface area contributed by atoms with Crippen molar-refractivity contribution in [2.45, 2.75) is 31.5 Å². The van der Waals surface area contributed by atoms with Gasteiger partial charge in [0.2, 0.25) is 0 Å². The number of amides is 1. The van der Waals surface area contributed by atoms with Gasteiger partial charge in [0.15, 0.2) is 5.69 Å². The lowest BCUT2D eigenvalue weighted by atomic mass is 9.99. The Kier molecular flexibility index (Phi) is 8.19. The van der Waals surface area contributed by atoms with Crippen LogP contribution in [0, 0.1) is 0 Å². The number of hydrogen-bond acceptors (Lipinski definition) is 9. The van der Waals surface area contributed by atoms with E-state index < -0.39 is 34.9 Å². The van der Waals surface area contributed by atoms with Gasteiger partial charge < -0.3 is 10.3 Å². The summed E-state index contributed by atoms with van der Waals surface area (Å²) in [5, 5.41) is 14.5. The summed E-state index contributed by atoms with van der Waals surface area (Å²) >= 11 is 6.24. The normalized spacial score (nSPS) is 15.2. The van der Waals surface area contributed by atoms with E-state index >= 15 is 0 Å². The molecule has 0 saturated heterocycles. The molecule has 18 heteroatoms. The van der Waals surface area contributed by atoms with Crippen LogP contribution in [0.25, 0.3) is 33.9 Å². The molecule has 0 unspecified atom stereocenters. The van der Waals surface area contributed by atoms with E-state index in [0.29, 0.717) is 35.5 Å². The number of H-pyrrole nitrogens is 1. The summed E-state index contributed by atoms with van der Waals surface area (Å²) in [5.41, 5.74) is 0.489. The predicted octanol–water partition coefficient (Wildman–Crippen LogP) is 4.76. The largest absolute Gasteiger partial charge is 0.436 e. The Morgan fingerprint density at radius 2 is 1.84 bits per heavy atom. The topological polar surface area (TPSA) is 171 Å². The SMILES string of the molecule is C=C1CCC[C@H](n2cnc(-c3cc(Cl)ccc3-n3cc(C(F)(F)F)nn3)cc2=O)c2cc(ccn2)-c2nn(-c3cnc[nH]c3=O)cc2NC1=O. The Morgan fingerprint density at radius 3 is 2.60 bits per heavy atom. The highest BCUT2D eigenvalue weighted by Crippen LogP contribution is 2.34. The molecule has 7 rings (SSSR count). The van der Waals surface area contributed by atoms with Crippen molar-refractivity contribution in [2.75, 3.05) is 5.32 Å². The van der Waals surface area contributed by atoms with E-state index in [4.69, 9.17) is 11.6 Å². The molecule has 2 N–H and O–H groups in total. The van der Waals surface area contributed by atoms with Crippen molar-refractivity contribution in [1.82, 2.24) is 49.3 Å². The first-order chi connectivity index (χ1) is 24.0. The first-order valence-corrected chi connectivity index (χ1v) is 15.3. The molecule has 1 atom stereocenters. The molecule has 1 aromatic carbocycles. The van der Waals surface area contributed by atoms with Gasteiger partial charge in [-0.3, -0.25) is 23.9 Å². The van der Waals surface area contributed by atoms with Crippen LogP contribution in [0.1, 0.15) is 36.7 Å². The van der Waals surface area contributed by atoms with Crippen LogP contribution in [0.2, 0.25) is 5.02 Å². The second kappa shape index (κ2) is 12.7. The zero-order valence-corrected chi connectivity index (χ0v) is 26.4. The third-order valence-corrected chi connectivity index (χ3v) is 8.25. The number of halogens is 4. The molecule has 0 fully saturated rings. The highest BCUT2D eigenvalue weighted by molar-refractivity contribution is 6.31. The van der Waals surface area contributed by atoms with Crippen LogP contribution >= 0.6 is 11.6 Å². The molecular weight excluding hydrogens is 679 g/mol. The van der Waals surface area contributed by atoms with Gasteiger partial charge in [-0.15, -0.1) is 5.10 Å². The second-order valence-corrected chi connectivity index (χ2v) is 11.7. The van der Waals surface area contributed by atoms with E-state index in [1.807, 2.05) is 0 Å². The number of nitrogens with one attached hydrogen (secondary N) is 2. The van der Waals surface area contributed by atoms with E-state index in [2.05, 4.69) is 47.2 Å². The number of hydrogen-bond donors (Lipinski definition) is 2. The average molecular weight is 702 g/mol. The van der Waals surface area contributed by atoms with Crippen LogP contribution in [0.5, 0.6) is 0 Å². The molecule has 1 aliphatic heterocycles. The Labute approximate surface area is 283 Å². The van der Waals surface area contributed by atoms with Crippen molar-refractivity contribution in [1.29, 1.82) is 0 Å². The lowest BCUT2D eigenvalue weighted by Gasteiger charge is -2.21. The van der Waals surface area contributed by atoms with Crippen molar-refractivity contribution >= 4 is 23.2 Å². The fourth-order valence-electron chi connectivity index (χ4n) is 5.56. The van der Waals surface area contributed by atoms with Gasteiger partial charge in [-0.25, -0.2) is 19.3 Å². The van der Waals surface area contributed by atoms with Crippen molar-refractivity contribution < 1.29 is 18.0 Å². The van der Waals surface area contributed by atoms with Gasteiger partial charge in [0, 0.05) is 34.0 Å². The summed E-state index contributed by atoms with van der Waals surface area (Å²) in [6.07, 6.45) is 4.06. The molecule has 2 bridgehead atoms. The number of fused-ring (bicyclic) bond motifs is 4. The summed E-state index contributed by atoms with van der Waals surface area (Å²) in [4.78, 5) is 54.9. The van der Waals surface area contributed by atoms with Crippen molar-refractivity contribution in [3.05, 3.63) is 123 Å². The van der Waals surface area contributed by atoms with Crippen LogP contribution < -0.4 is 16.4 Å². The van der Waals surface area contributed by atoms with Gasteiger partial charge in [-0.2, -0.15) is 18.3 Å². The number of carbonyl (C=O) groups is 1. The average Bonchev–Trinajstić information content (AvgIpc) is 3.75. The minimum Gasteiger partial charge on any atom is -0.319 e. The molecule has 0 aliphatic carbocycles. The molecule has 0 saturated carbocycles. The lowest BCUT2D eigenvalue weighted by Crippen LogP contribution is -2.26. The third-order valence-electron chi connectivity index (χ3n) is 8.02. The Balaban J connectivity index is 1.30. The van der Waals surface area contributed by atoms with E-state index in [9.17, 15) is 27.6 Å². The van der Waals surface area contributed by atoms with Crippen LogP contribution in [-0.2, 0) is 11.0 Å². The van der Waals surface area contributed by atoms with E-state index in [0.717, 1.165) is 10.9 Å². The van der Waals surface area contributed by atoms with Crippen LogP contribution in [-0.4, -0.2) is 55.2 Å². The van der Waals surface area contributed by atoms with Gasteiger partial charge in [-0.1, -0.05) is 23.4 Å². The number of alkyl halides is 3. The molecule has 1 aliphatic rings. The zero-order chi connectivity index (χ0) is 35.2. The van der Waals surface area contributed by atoms with E-state index in [-0.39, 0.29) is 39.6 Å². The number of anilines is 1. The molecule has 0 radical (unpaired) electrons. The fourth-order valence-corrected chi connectivity index (χ4v) is 5.73. The lowest BCUT2D eigenvalue weighted by molar-refractivity contribution is -0.141. The molecule has 6 heterocycles. The fraction of sp³-hybridized carbons (Fsp3) is 0.156. The Bertz CT molecular complexity index is 2410. The minimum absolute atomic E-state index is 0.120. The summed E-state index contributed by atoms with van der Waals surface area (Å²) in [6, 6.07) is 8.38. The molecule has 252 valence electrons. The van der Waals surface area contributed by atoms with Gasteiger partial charge in [0.05, 0.1) is 60.0 Å². The van der Waals surface area contributed by atoms with Gasteiger partial charge in [-0.05, 0) is 49.6 Å². The first-order valence-electron chi connectivity index (χ1n) is 14.9. The third kappa shape index (κ3) is 6.21. The Hall–Kier alpha value is -6.23. The Morgan fingerprint density at radius 1 is 1.00 bits per heavy atom. The molecule has 6 aromatic rings. The smallest absolute Gasteiger partial charge is 0.319 e. The molecule has 5 aromatic heterocycles. The van der Waals surface area contributed by atoms with Crippen LogP contribution in [0.4, 0.5) is 18.9 Å². The van der Waals surface area contributed by atoms with E-state index in [1.54, 1.807) is 18.3 Å². The van der Waals surface area contributed by atoms with Crippen LogP contribution in [0.15, 0.2) is 95.6 Å². The maximum atomic E-state index is 13.8. The van der Waals surface area contributed by atoms with Crippen molar-refractivity contribution in [3.63, 3.8) is 0 Å². The maximum Gasteiger partial charge on any atom is 0.436 e. The summed E-state index contributed by atoms with van der Waals surface area (Å²) in [6.45, 7) is 3.93. The predicted molar refractivity (Wildman–Crippen MR) is 174 cm³/mol. The van der Waals surface area contributed by atoms with Crippen LogP contribution in [0.3, 0.4) is 0 Å². The zero-order valence-electron chi connectivity index (χ0n) is 25.6. The highest BCUT2D eigenvalue weighted by Gasteiger charge is 2.35. The number of aromatic nitrogens is 10. The molecule has 1 amide bonds. The van der Waals surface area contributed by atoms with Gasteiger partial charge in [0.1, 0.15) is 11.4 Å². The summed E-state index contributed by atoms with van der Waals surface area (Å²) < 4.78 is 43.4. The quantitative estimate of drug-likeness (QED) is 0.246. The highest BCUT2D eigenvalue weighted by atomic mass is 35.5. The summed E-state index contributed by atoms with van der Waals surface area (Å²) in [5.74, 6) is -0.437. The molecule has 0 spiro atoms. The number of benzene rings is 1. The number of pyridine rings is 1. The van der Waals surface area contributed by atoms with Gasteiger partial charge in [0.25, 0.3) is 17.0 Å². The standard InChI is InChI=1S/C32H23ClF3N11O3/c1-17-3-2-4-25(22-9-18(7-8-38-22)29-23(41-30(17)49)13-46(43-29)26-12-37-15-39-31(26)50)45-16-40-21(11-28(45)48)20-10-19(33)5-6-24(20)47-14-27(42-44-47)32(34,35)36/h5-16,25H,1-4H2,(H,41,49)(H,37,39,50)/t25-/m0/s1. The molecule has 50 heavy (non-hydrogen) atoms. The molecule has 14 nitrogen and oxygen atoms in total. The van der Waals surface area contributed by atoms with E-state index in [1.165, 1.54) is 58.6 Å². The summed E-state index contributed by atoms with van der Waals surface area (Å²) in [7, 11) is 0. The number of rotatable bonds is 4. The number of nitrogens with zero attached hydrogens (tertiary/aromatic N) is 9. The second-order valence-electron chi connectivity index (χ2n) is 11.3. The maximum absolute atomic E-state index is 13.8. The molecular formula is C32H23ClF3N11O3.